The van der Waals surface area contributed by atoms with E-state index in [1.807, 2.05) is 12.1 Å². The fourth-order valence-electron chi connectivity index (χ4n) is 3.07. The molecule has 2 atom stereocenters. The number of amides is 1. The number of rotatable bonds is 4. The van der Waals surface area contributed by atoms with Crippen molar-refractivity contribution in [3.8, 4) is 0 Å². The first-order chi connectivity index (χ1) is 13.2. The SMILES string of the molecule is CC(C)(C)c1ccc(C(=O)Nc2nc(=O)n([C@H]3CC[C@@H](CO)O3)cc2F)cc1. The predicted octanol–water partition coefficient (Wildman–Crippen LogP) is 2.60. The monoisotopic (exact) mass is 389 g/mol. The molecule has 7 nitrogen and oxygen atoms in total. The molecule has 1 aliphatic rings. The second-order valence-corrected chi connectivity index (χ2v) is 7.88. The lowest BCUT2D eigenvalue weighted by atomic mass is 9.87. The molecule has 1 aromatic carbocycles. The maximum Gasteiger partial charge on any atom is 0.351 e. The Morgan fingerprint density at radius 3 is 2.57 bits per heavy atom. The van der Waals surface area contributed by atoms with Crippen LogP contribution in [0.1, 0.15) is 55.8 Å². The molecule has 0 saturated carbocycles. The van der Waals surface area contributed by atoms with Crippen LogP contribution in [0.4, 0.5) is 10.2 Å². The summed E-state index contributed by atoms with van der Waals surface area (Å²) in [7, 11) is 0. The summed E-state index contributed by atoms with van der Waals surface area (Å²) in [5.41, 5.74) is 0.616. The molecule has 1 aliphatic heterocycles. The number of carbonyl (C=O) groups excluding carboxylic acids is 1. The minimum atomic E-state index is -0.838. The van der Waals surface area contributed by atoms with Crippen LogP contribution in [0.25, 0.3) is 0 Å². The first-order valence-electron chi connectivity index (χ1n) is 9.16. The number of aromatic nitrogens is 2. The Morgan fingerprint density at radius 2 is 2.00 bits per heavy atom. The molecule has 0 spiro atoms. The van der Waals surface area contributed by atoms with Gasteiger partial charge in [-0.25, -0.2) is 9.18 Å². The van der Waals surface area contributed by atoms with E-state index in [4.69, 9.17) is 9.84 Å². The van der Waals surface area contributed by atoms with E-state index in [2.05, 4.69) is 31.1 Å². The van der Waals surface area contributed by atoms with Crippen molar-refractivity contribution < 1.29 is 19.0 Å². The van der Waals surface area contributed by atoms with Gasteiger partial charge in [0.1, 0.15) is 6.23 Å². The second-order valence-electron chi connectivity index (χ2n) is 7.88. The fourth-order valence-corrected chi connectivity index (χ4v) is 3.07. The zero-order valence-corrected chi connectivity index (χ0v) is 16.1. The molecule has 8 heteroatoms. The van der Waals surface area contributed by atoms with Crippen LogP contribution in [0.5, 0.6) is 0 Å². The zero-order chi connectivity index (χ0) is 20.5. The highest BCUT2D eigenvalue weighted by Gasteiger charge is 2.28. The van der Waals surface area contributed by atoms with Gasteiger partial charge < -0.3 is 15.2 Å². The van der Waals surface area contributed by atoms with E-state index in [0.29, 0.717) is 18.4 Å². The number of ether oxygens (including phenoxy) is 1. The zero-order valence-electron chi connectivity index (χ0n) is 16.1. The molecule has 2 N–H and O–H groups in total. The van der Waals surface area contributed by atoms with Crippen LogP contribution in [0, 0.1) is 5.82 Å². The number of nitrogens with zero attached hydrogens (tertiary/aromatic N) is 2. The third kappa shape index (κ3) is 4.28. The summed E-state index contributed by atoms with van der Waals surface area (Å²) >= 11 is 0. The molecule has 0 radical (unpaired) electrons. The highest BCUT2D eigenvalue weighted by atomic mass is 19.1. The van der Waals surface area contributed by atoms with E-state index in [-0.39, 0.29) is 18.1 Å². The van der Waals surface area contributed by atoms with Crippen LogP contribution in [-0.4, -0.2) is 33.3 Å². The van der Waals surface area contributed by atoms with Crippen molar-refractivity contribution in [1.29, 1.82) is 0 Å². The summed E-state index contributed by atoms with van der Waals surface area (Å²) in [6.07, 6.45) is 0.950. The number of aliphatic hydroxyl groups excluding tert-OH is 1. The Kier molecular flexibility index (Phi) is 5.62. The Morgan fingerprint density at radius 1 is 1.32 bits per heavy atom. The summed E-state index contributed by atoms with van der Waals surface area (Å²) in [6, 6.07) is 6.98. The lowest BCUT2D eigenvalue weighted by Crippen LogP contribution is -2.30. The minimum absolute atomic E-state index is 0.0511. The Bertz CT molecular complexity index is 919. The van der Waals surface area contributed by atoms with E-state index >= 15 is 0 Å². The number of nitrogens with one attached hydrogen (secondary N) is 1. The van der Waals surface area contributed by atoms with E-state index in [1.165, 1.54) is 0 Å². The smallest absolute Gasteiger partial charge is 0.351 e. The molecule has 1 aromatic heterocycles. The normalized spacial score (nSPS) is 19.6. The van der Waals surface area contributed by atoms with Gasteiger partial charge in [-0.2, -0.15) is 4.98 Å². The van der Waals surface area contributed by atoms with Gasteiger partial charge in [0.05, 0.1) is 18.9 Å². The first-order valence-corrected chi connectivity index (χ1v) is 9.16. The molecule has 1 fully saturated rings. The van der Waals surface area contributed by atoms with Crippen LogP contribution >= 0.6 is 0 Å². The number of halogens is 1. The average Bonchev–Trinajstić information content (AvgIpc) is 3.12. The Hall–Kier alpha value is -2.58. The number of benzene rings is 1. The molecule has 0 bridgehead atoms. The van der Waals surface area contributed by atoms with Crippen molar-refractivity contribution >= 4 is 11.7 Å². The lowest BCUT2D eigenvalue weighted by Gasteiger charge is -2.19. The maximum absolute atomic E-state index is 14.4. The van der Waals surface area contributed by atoms with E-state index < -0.39 is 29.5 Å². The molecule has 0 aliphatic carbocycles. The van der Waals surface area contributed by atoms with E-state index in [1.54, 1.807) is 12.1 Å². The number of aliphatic hydroxyl groups is 1. The van der Waals surface area contributed by atoms with Crippen molar-refractivity contribution in [1.82, 2.24) is 9.55 Å². The van der Waals surface area contributed by atoms with Crippen LogP contribution in [-0.2, 0) is 10.2 Å². The van der Waals surface area contributed by atoms with Gasteiger partial charge in [-0.15, -0.1) is 0 Å². The van der Waals surface area contributed by atoms with Gasteiger partial charge in [0.2, 0.25) is 0 Å². The Balaban J connectivity index is 1.76. The largest absolute Gasteiger partial charge is 0.394 e. The molecule has 0 unspecified atom stereocenters. The summed E-state index contributed by atoms with van der Waals surface area (Å²) in [5.74, 6) is -1.82. The second kappa shape index (κ2) is 7.81. The van der Waals surface area contributed by atoms with Crippen LogP contribution in [0.3, 0.4) is 0 Å². The average molecular weight is 389 g/mol. The van der Waals surface area contributed by atoms with Gasteiger partial charge in [0.15, 0.2) is 11.6 Å². The number of hydrogen-bond acceptors (Lipinski definition) is 5. The van der Waals surface area contributed by atoms with Gasteiger partial charge in [-0.05, 0) is 36.0 Å². The van der Waals surface area contributed by atoms with Crippen molar-refractivity contribution in [3.05, 3.63) is 57.9 Å². The van der Waals surface area contributed by atoms with Crippen molar-refractivity contribution in [3.63, 3.8) is 0 Å². The summed E-state index contributed by atoms with van der Waals surface area (Å²) in [4.78, 5) is 28.3. The van der Waals surface area contributed by atoms with Gasteiger partial charge in [0, 0.05) is 5.56 Å². The summed E-state index contributed by atoms with van der Waals surface area (Å²) in [5, 5.41) is 11.5. The molecule has 28 heavy (non-hydrogen) atoms. The quantitative estimate of drug-likeness (QED) is 0.838. The number of anilines is 1. The topological polar surface area (TPSA) is 93.5 Å². The number of hydrogen-bond donors (Lipinski definition) is 2. The Labute approximate surface area is 162 Å². The predicted molar refractivity (Wildman–Crippen MR) is 102 cm³/mol. The molecule has 2 aromatic rings. The molecular weight excluding hydrogens is 365 g/mol. The van der Waals surface area contributed by atoms with E-state index in [9.17, 15) is 14.0 Å². The van der Waals surface area contributed by atoms with Gasteiger partial charge in [-0.3, -0.25) is 9.36 Å². The third-order valence-electron chi connectivity index (χ3n) is 4.75. The molecule has 1 amide bonds. The van der Waals surface area contributed by atoms with Crippen molar-refractivity contribution in [2.45, 2.75) is 51.4 Å². The van der Waals surface area contributed by atoms with Crippen molar-refractivity contribution in [2.24, 2.45) is 0 Å². The third-order valence-corrected chi connectivity index (χ3v) is 4.75. The first kappa shape index (κ1) is 20.2. The summed E-state index contributed by atoms with van der Waals surface area (Å²) in [6.45, 7) is 6.02. The standard InChI is InChI=1S/C20H24FN3O4/c1-20(2,3)13-6-4-12(5-7-13)18(26)22-17-15(21)10-24(19(27)23-17)16-9-8-14(11-25)28-16/h4-7,10,14,16,25H,8-9,11H2,1-3H3,(H,22,23,26,27)/t14-,16+/m0/s1. The van der Waals surface area contributed by atoms with Crippen molar-refractivity contribution in [2.75, 3.05) is 11.9 Å². The van der Waals surface area contributed by atoms with Crippen LogP contribution < -0.4 is 11.0 Å². The highest BCUT2D eigenvalue weighted by Crippen LogP contribution is 2.27. The van der Waals surface area contributed by atoms with Crippen LogP contribution in [0.2, 0.25) is 0 Å². The van der Waals surface area contributed by atoms with Gasteiger partial charge in [0.25, 0.3) is 5.91 Å². The van der Waals surface area contributed by atoms with Gasteiger partial charge >= 0.3 is 5.69 Å². The molecule has 1 saturated heterocycles. The molecule has 2 heterocycles. The van der Waals surface area contributed by atoms with Crippen LogP contribution in [0.15, 0.2) is 35.3 Å². The fraction of sp³-hybridized carbons (Fsp3) is 0.450. The number of carbonyl (C=O) groups is 1. The van der Waals surface area contributed by atoms with E-state index in [0.717, 1.165) is 16.3 Å². The molecule has 150 valence electrons. The highest BCUT2D eigenvalue weighted by molar-refractivity contribution is 6.03. The molecular formula is C20H24FN3O4. The summed E-state index contributed by atoms with van der Waals surface area (Å²) < 4.78 is 20.9. The maximum atomic E-state index is 14.4. The minimum Gasteiger partial charge on any atom is -0.394 e. The lowest BCUT2D eigenvalue weighted by molar-refractivity contribution is -0.0249. The molecule has 3 rings (SSSR count). The van der Waals surface area contributed by atoms with Gasteiger partial charge in [-0.1, -0.05) is 32.9 Å².